The number of aryl methyl sites for hydroxylation is 1. The first kappa shape index (κ1) is 11.7. The van der Waals surface area contributed by atoms with E-state index in [1.165, 1.54) is 17.8 Å². The summed E-state index contributed by atoms with van der Waals surface area (Å²) in [5, 5.41) is 9.39. The molecule has 0 saturated carbocycles. The number of hydrogen-bond donors (Lipinski definition) is 1. The molecule has 1 N–H and O–H groups in total. The van der Waals surface area contributed by atoms with Crippen molar-refractivity contribution in [1.29, 1.82) is 0 Å². The number of hydrogen-bond acceptors (Lipinski definition) is 4. The third-order valence-corrected chi connectivity index (χ3v) is 4.90. The van der Waals surface area contributed by atoms with E-state index in [4.69, 9.17) is 5.11 Å². The van der Waals surface area contributed by atoms with Gasteiger partial charge in [0.25, 0.3) is 0 Å². The van der Waals surface area contributed by atoms with Crippen LogP contribution in [0.5, 0.6) is 0 Å². The molecule has 86 valence electrons. The van der Waals surface area contributed by atoms with Gasteiger partial charge in [0.05, 0.1) is 5.69 Å². The van der Waals surface area contributed by atoms with Gasteiger partial charge in [-0.25, -0.2) is 9.78 Å². The van der Waals surface area contributed by atoms with Crippen molar-refractivity contribution in [3.63, 3.8) is 0 Å². The normalized spacial score (nSPS) is 19.9. The number of carboxylic acids is 1. The molecule has 0 aromatic carbocycles. The Hall–Kier alpha value is -0.810. The van der Waals surface area contributed by atoms with Crippen molar-refractivity contribution >= 4 is 29.1 Å². The van der Waals surface area contributed by atoms with Crippen LogP contribution >= 0.6 is 23.1 Å². The number of allylic oxidation sites excluding steroid dienone is 1. The minimum Gasteiger partial charge on any atom is -0.477 e. The van der Waals surface area contributed by atoms with Crippen LogP contribution in [0, 0.1) is 6.92 Å². The van der Waals surface area contributed by atoms with Crippen LogP contribution in [0.3, 0.4) is 0 Å². The van der Waals surface area contributed by atoms with Gasteiger partial charge in [-0.15, -0.1) is 11.3 Å². The molecule has 5 heteroatoms. The molecule has 0 amide bonds. The lowest BCUT2D eigenvalue weighted by Crippen LogP contribution is -2.01. The van der Waals surface area contributed by atoms with E-state index in [0.717, 1.165) is 17.2 Å². The monoisotopic (exact) mass is 255 g/mol. The van der Waals surface area contributed by atoms with Crippen molar-refractivity contribution in [2.75, 3.05) is 0 Å². The molecule has 1 unspecified atom stereocenters. The van der Waals surface area contributed by atoms with Crippen LogP contribution in [0.1, 0.15) is 34.6 Å². The summed E-state index contributed by atoms with van der Waals surface area (Å²) >= 11 is 2.95. The summed E-state index contributed by atoms with van der Waals surface area (Å²) in [5.41, 5.74) is 0.625. The van der Waals surface area contributed by atoms with Crippen LogP contribution in [0.4, 0.5) is 0 Å². The molecular formula is C11H13NO2S2. The molecule has 1 atom stereocenters. The van der Waals surface area contributed by atoms with Gasteiger partial charge in [0, 0.05) is 5.25 Å². The second kappa shape index (κ2) is 5.01. The minimum atomic E-state index is -0.874. The molecule has 0 bridgehead atoms. The maximum Gasteiger partial charge on any atom is 0.347 e. The first-order chi connectivity index (χ1) is 7.66. The molecular weight excluding hydrogens is 242 g/mol. The fourth-order valence-corrected chi connectivity index (χ4v) is 4.00. The lowest BCUT2D eigenvalue weighted by atomic mass is 10.1. The molecule has 0 radical (unpaired) electrons. The van der Waals surface area contributed by atoms with E-state index < -0.39 is 5.97 Å². The highest BCUT2D eigenvalue weighted by Gasteiger charge is 2.17. The van der Waals surface area contributed by atoms with Crippen molar-refractivity contribution in [2.24, 2.45) is 0 Å². The summed E-state index contributed by atoms with van der Waals surface area (Å²) in [7, 11) is 0. The predicted molar refractivity (Wildman–Crippen MR) is 66.4 cm³/mol. The van der Waals surface area contributed by atoms with Crippen molar-refractivity contribution in [3.8, 4) is 0 Å². The molecule has 2 rings (SSSR count). The number of rotatable bonds is 3. The van der Waals surface area contributed by atoms with Gasteiger partial charge in [-0.05, 0) is 26.2 Å². The molecule has 3 nitrogen and oxygen atoms in total. The number of carboxylic acid groups (broad SMARTS) is 1. The summed E-state index contributed by atoms with van der Waals surface area (Å²) in [5.74, 6) is -0.874. The number of thioether (sulfide) groups is 1. The molecule has 1 aliphatic carbocycles. The molecule has 1 aliphatic rings. The van der Waals surface area contributed by atoms with Gasteiger partial charge in [-0.3, -0.25) is 0 Å². The van der Waals surface area contributed by atoms with E-state index >= 15 is 0 Å². The van der Waals surface area contributed by atoms with E-state index in [9.17, 15) is 4.79 Å². The molecule has 1 aromatic heterocycles. The van der Waals surface area contributed by atoms with E-state index in [1.807, 2.05) is 0 Å². The molecule has 16 heavy (non-hydrogen) atoms. The van der Waals surface area contributed by atoms with Crippen molar-refractivity contribution in [2.45, 2.75) is 35.8 Å². The van der Waals surface area contributed by atoms with Crippen LogP contribution in [-0.2, 0) is 0 Å². The van der Waals surface area contributed by atoms with Gasteiger partial charge in [-0.1, -0.05) is 23.9 Å². The number of thiazole rings is 1. The maximum atomic E-state index is 10.9. The van der Waals surface area contributed by atoms with Gasteiger partial charge >= 0.3 is 5.97 Å². The number of aromatic nitrogens is 1. The Morgan fingerprint density at radius 3 is 3.06 bits per heavy atom. The summed E-state index contributed by atoms with van der Waals surface area (Å²) in [6.07, 6.45) is 7.92. The molecule has 0 saturated heterocycles. The Balaban J connectivity index is 2.09. The Kier molecular flexibility index (Phi) is 3.66. The first-order valence-electron chi connectivity index (χ1n) is 5.21. The average molecular weight is 255 g/mol. The van der Waals surface area contributed by atoms with Crippen molar-refractivity contribution < 1.29 is 9.90 Å². The smallest absolute Gasteiger partial charge is 0.347 e. The third kappa shape index (κ3) is 2.65. The Morgan fingerprint density at radius 1 is 1.69 bits per heavy atom. The molecule has 0 fully saturated rings. The highest BCUT2D eigenvalue weighted by Crippen LogP contribution is 2.34. The van der Waals surface area contributed by atoms with Gasteiger partial charge in [-0.2, -0.15) is 0 Å². The summed E-state index contributed by atoms with van der Waals surface area (Å²) in [4.78, 5) is 15.5. The third-order valence-electron chi connectivity index (χ3n) is 2.43. The summed E-state index contributed by atoms with van der Waals surface area (Å²) in [6, 6.07) is 0. The van der Waals surface area contributed by atoms with Gasteiger partial charge in [0.2, 0.25) is 0 Å². The van der Waals surface area contributed by atoms with Crippen molar-refractivity contribution in [1.82, 2.24) is 4.98 Å². The molecule has 0 spiro atoms. The zero-order chi connectivity index (χ0) is 11.5. The Bertz CT molecular complexity index is 426. The van der Waals surface area contributed by atoms with Crippen LogP contribution < -0.4 is 0 Å². The Morgan fingerprint density at radius 2 is 2.50 bits per heavy atom. The topological polar surface area (TPSA) is 50.2 Å². The van der Waals surface area contributed by atoms with Crippen LogP contribution in [-0.4, -0.2) is 21.3 Å². The second-order valence-corrected chi connectivity index (χ2v) is 6.20. The standard InChI is InChI=1S/C11H13NO2S2/c1-7-9(10(13)14)16-11(12-7)15-8-5-3-2-4-6-8/h3,5,8H,2,4,6H2,1H3,(H,13,14). The first-order valence-corrected chi connectivity index (χ1v) is 6.90. The number of aromatic carboxylic acids is 1. The highest BCUT2D eigenvalue weighted by atomic mass is 32.2. The van der Waals surface area contributed by atoms with Crippen molar-refractivity contribution in [3.05, 3.63) is 22.7 Å². The summed E-state index contributed by atoms with van der Waals surface area (Å²) < 4.78 is 0.867. The SMILES string of the molecule is Cc1nc(SC2C=CCCC2)sc1C(=O)O. The summed E-state index contributed by atoms with van der Waals surface area (Å²) in [6.45, 7) is 1.75. The van der Waals surface area contributed by atoms with Gasteiger partial charge in [0.1, 0.15) is 4.88 Å². The largest absolute Gasteiger partial charge is 0.477 e. The number of carbonyl (C=O) groups is 1. The Labute approximate surface area is 103 Å². The number of nitrogens with zero attached hydrogens (tertiary/aromatic N) is 1. The van der Waals surface area contributed by atoms with E-state index in [-0.39, 0.29) is 0 Å². The predicted octanol–water partition coefficient (Wildman–Crippen LogP) is 3.35. The van der Waals surface area contributed by atoms with E-state index in [0.29, 0.717) is 15.8 Å². The average Bonchev–Trinajstić information content (AvgIpc) is 2.61. The van der Waals surface area contributed by atoms with Crippen LogP contribution in [0.15, 0.2) is 16.5 Å². The lowest BCUT2D eigenvalue weighted by molar-refractivity contribution is 0.0701. The maximum absolute atomic E-state index is 10.9. The molecule has 1 aromatic rings. The van der Waals surface area contributed by atoms with E-state index in [2.05, 4.69) is 17.1 Å². The lowest BCUT2D eigenvalue weighted by Gasteiger charge is -2.13. The van der Waals surface area contributed by atoms with E-state index in [1.54, 1.807) is 18.7 Å². The molecule has 0 aliphatic heterocycles. The van der Waals surface area contributed by atoms with Gasteiger partial charge < -0.3 is 5.11 Å². The second-order valence-electron chi connectivity index (χ2n) is 3.71. The fraction of sp³-hybridized carbons (Fsp3) is 0.455. The molecule has 1 heterocycles. The highest BCUT2D eigenvalue weighted by molar-refractivity contribution is 8.01. The van der Waals surface area contributed by atoms with Crippen LogP contribution in [0.2, 0.25) is 0 Å². The van der Waals surface area contributed by atoms with Gasteiger partial charge in [0.15, 0.2) is 4.34 Å². The zero-order valence-corrected chi connectivity index (χ0v) is 10.6. The van der Waals surface area contributed by atoms with Crippen LogP contribution in [0.25, 0.3) is 0 Å². The minimum absolute atomic E-state index is 0.363. The quantitative estimate of drug-likeness (QED) is 0.841. The zero-order valence-electron chi connectivity index (χ0n) is 8.97. The fourth-order valence-electron chi connectivity index (χ4n) is 1.63.